The summed E-state index contributed by atoms with van der Waals surface area (Å²) in [6.07, 6.45) is 4.17. The Morgan fingerprint density at radius 1 is 1.06 bits per heavy atom. The molecule has 0 amide bonds. The van der Waals surface area contributed by atoms with Gasteiger partial charge in [-0.2, -0.15) is 15.1 Å². The van der Waals surface area contributed by atoms with E-state index in [9.17, 15) is 4.39 Å². The van der Waals surface area contributed by atoms with E-state index in [0.29, 0.717) is 18.9 Å². The lowest BCUT2D eigenvalue weighted by atomic mass is 9.92. The van der Waals surface area contributed by atoms with Crippen LogP contribution in [0.3, 0.4) is 0 Å². The van der Waals surface area contributed by atoms with E-state index in [2.05, 4.69) is 32.1 Å². The predicted octanol–water partition coefficient (Wildman–Crippen LogP) is 3.23. The molecule has 36 heavy (non-hydrogen) atoms. The van der Waals surface area contributed by atoms with Crippen molar-refractivity contribution in [3.63, 3.8) is 0 Å². The number of hydrogen-bond donors (Lipinski definition) is 0. The normalized spacial score (nSPS) is 25.4. The lowest BCUT2D eigenvalue weighted by molar-refractivity contribution is -0.191. The molecule has 0 spiro atoms. The average Bonchev–Trinajstić information content (AvgIpc) is 3.42. The number of rotatable bonds is 6. The number of aryl methyl sites for hydroxylation is 1. The molecular formula is C26H33FN6O3. The van der Waals surface area contributed by atoms with Crippen LogP contribution < -0.4 is 9.64 Å². The SMILES string of the molecule is COc1nc(N2CC(OC3CCCCO3)C2)cc(-n2ncc3cc(C)c([C@@H]4CN(C)C[C@@H]4F)cc32)n1. The number of likely N-dealkylation sites (tertiary alicyclic amines) is 1. The largest absolute Gasteiger partial charge is 0.467 e. The zero-order valence-corrected chi connectivity index (χ0v) is 21.1. The molecule has 9 nitrogen and oxygen atoms in total. The van der Waals surface area contributed by atoms with Crippen molar-refractivity contribution in [1.82, 2.24) is 24.6 Å². The van der Waals surface area contributed by atoms with Crippen molar-refractivity contribution in [2.24, 2.45) is 0 Å². The number of ether oxygens (including phenoxy) is 3. The second-order valence-corrected chi connectivity index (χ2v) is 10.2. The first-order valence-corrected chi connectivity index (χ1v) is 12.7. The summed E-state index contributed by atoms with van der Waals surface area (Å²) < 4.78 is 33.8. The average molecular weight is 497 g/mol. The Morgan fingerprint density at radius 3 is 2.61 bits per heavy atom. The molecule has 6 rings (SSSR count). The summed E-state index contributed by atoms with van der Waals surface area (Å²) in [5.74, 6) is 1.23. The number of alkyl halides is 1. The molecule has 3 atom stereocenters. The predicted molar refractivity (Wildman–Crippen MR) is 134 cm³/mol. The van der Waals surface area contributed by atoms with Crippen molar-refractivity contribution in [1.29, 1.82) is 0 Å². The maximum Gasteiger partial charge on any atom is 0.320 e. The molecule has 192 valence electrons. The van der Waals surface area contributed by atoms with E-state index < -0.39 is 6.17 Å². The van der Waals surface area contributed by atoms with Crippen LogP contribution in [0, 0.1) is 6.92 Å². The molecule has 5 heterocycles. The highest BCUT2D eigenvalue weighted by molar-refractivity contribution is 5.82. The maximum absolute atomic E-state index is 14.8. The Hall–Kier alpha value is -2.82. The van der Waals surface area contributed by atoms with Gasteiger partial charge < -0.3 is 24.0 Å². The van der Waals surface area contributed by atoms with E-state index in [1.54, 1.807) is 11.8 Å². The molecule has 0 bridgehead atoms. The monoisotopic (exact) mass is 496 g/mol. The summed E-state index contributed by atoms with van der Waals surface area (Å²) >= 11 is 0. The van der Waals surface area contributed by atoms with Crippen LogP contribution in [-0.4, -0.2) is 90.2 Å². The van der Waals surface area contributed by atoms with Crippen LogP contribution in [0.2, 0.25) is 0 Å². The van der Waals surface area contributed by atoms with Gasteiger partial charge in [-0.15, -0.1) is 0 Å². The smallest absolute Gasteiger partial charge is 0.320 e. The highest BCUT2D eigenvalue weighted by Gasteiger charge is 2.34. The van der Waals surface area contributed by atoms with Crippen molar-refractivity contribution in [3.8, 4) is 11.8 Å². The van der Waals surface area contributed by atoms with Crippen LogP contribution in [0.4, 0.5) is 10.2 Å². The highest BCUT2D eigenvalue weighted by Crippen LogP contribution is 2.34. The van der Waals surface area contributed by atoms with Gasteiger partial charge in [0.25, 0.3) is 0 Å². The number of likely N-dealkylation sites (N-methyl/N-ethyl adjacent to an activating group) is 1. The van der Waals surface area contributed by atoms with Gasteiger partial charge in [0.1, 0.15) is 12.0 Å². The van der Waals surface area contributed by atoms with Gasteiger partial charge in [0.15, 0.2) is 12.1 Å². The summed E-state index contributed by atoms with van der Waals surface area (Å²) in [7, 11) is 3.53. The van der Waals surface area contributed by atoms with Crippen LogP contribution >= 0.6 is 0 Å². The molecule has 0 aliphatic carbocycles. The lowest BCUT2D eigenvalue weighted by Crippen LogP contribution is -2.54. The van der Waals surface area contributed by atoms with Crippen LogP contribution in [0.15, 0.2) is 24.4 Å². The van der Waals surface area contributed by atoms with Gasteiger partial charge in [0.05, 0.1) is 24.9 Å². The minimum Gasteiger partial charge on any atom is -0.467 e. The first-order chi connectivity index (χ1) is 17.5. The van der Waals surface area contributed by atoms with Crippen molar-refractivity contribution < 1.29 is 18.6 Å². The quantitative estimate of drug-likeness (QED) is 0.515. The van der Waals surface area contributed by atoms with E-state index in [1.807, 2.05) is 31.1 Å². The summed E-state index contributed by atoms with van der Waals surface area (Å²) in [5, 5.41) is 5.62. The zero-order valence-electron chi connectivity index (χ0n) is 21.1. The molecule has 0 N–H and O–H groups in total. The summed E-state index contributed by atoms with van der Waals surface area (Å²) in [4.78, 5) is 13.3. The Balaban J connectivity index is 1.27. The first kappa shape index (κ1) is 23.6. The molecule has 2 aromatic heterocycles. The number of nitrogens with zero attached hydrogens (tertiary/aromatic N) is 6. The van der Waals surface area contributed by atoms with E-state index in [4.69, 9.17) is 14.2 Å². The Morgan fingerprint density at radius 2 is 1.89 bits per heavy atom. The van der Waals surface area contributed by atoms with Crippen molar-refractivity contribution in [2.75, 3.05) is 51.8 Å². The number of halogens is 1. The third kappa shape index (κ3) is 4.42. The van der Waals surface area contributed by atoms with Crippen LogP contribution in [0.25, 0.3) is 16.7 Å². The number of benzene rings is 1. The number of fused-ring (bicyclic) bond motifs is 1. The zero-order chi connectivity index (χ0) is 24.8. The van der Waals surface area contributed by atoms with Crippen LogP contribution in [-0.2, 0) is 9.47 Å². The Labute approximate surface area is 210 Å². The van der Waals surface area contributed by atoms with Gasteiger partial charge >= 0.3 is 6.01 Å². The first-order valence-electron chi connectivity index (χ1n) is 12.7. The Bertz CT molecular complexity index is 1240. The van der Waals surface area contributed by atoms with E-state index >= 15 is 0 Å². The summed E-state index contributed by atoms with van der Waals surface area (Å²) in [6, 6.07) is 6.35. The van der Waals surface area contributed by atoms with Gasteiger partial charge in [0, 0.05) is 50.2 Å². The standard InChI is InChI=1S/C26H33FN6O3/c1-16-8-17-11-28-33(22(17)9-19(16)20-14-31(2)15-21(20)27)24-10-23(29-26(30-24)34-3)32-12-18(13-32)36-25-6-4-5-7-35-25/h8-11,18,20-21,25H,4-7,12-15H2,1-3H3/t20-,21-,25?/m0/s1. The fourth-order valence-electron chi connectivity index (χ4n) is 5.54. The molecule has 10 heteroatoms. The van der Waals surface area contributed by atoms with Gasteiger partial charge in [0.2, 0.25) is 0 Å². The molecule has 1 aromatic carbocycles. The van der Waals surface area contributed by atoms with E-state index in [1.165, 1.54) is 0 Å². The van der Waals surface area contributed by atoms with Crippen molar-refractivity contribution in [3.05, 3.63) is 35.5 Å². The molecule has 3 aromatic rings. The second kappa shape index (κ2) is 9.57. The van der Waals surface area contributed by atoms with Crippen LogP contribution in [0.5, 0.6) is 6.01 Å². The molecular weight excluding hydrogens is 463 g/mol. The Kier molecular flexibility index (Phi) is 6.27. The van der Waals surface area contributed by atoms with E-state index in [0.717, 1.165) is 66.8 Å². The molecule has 3 fully saturated rings. The van der Waals surface area contributed by atoms with Gasteiger partial charge in [-0.1, -0.05) is 0 Å². The number of aromatic nitrogens is 4. The lowest BCUT2D eigenvalue weighted by Gasteiger charge is -2.41. The molecule has 1 unspecified atom stereocenters. The molecule has 3 saturated heterocycles. The topological polar surface area (TPSA) is 77.8 Å². The third-order valence-corrected chi connectivity index (χ3v) is 7.52. The van der Waals surface area contributed by atoms with Crippen LogP contribution in [0.1, 0.15) is 36.3 Å². The molecule has 3 aliphatic heterocycles. The van der Waals surface area contributed by atoms with Crippen molar-refractivity contribution >= 4 is 16.7 Å². The third-order valence-electron chi connectivity index (χ3n) is 7.52. The molecule has 3 aliphatic rings. The summed E-state index contributed by atoms with van der Waals surface area (Å²) in [6.45, 7) is 5.45. The number of methoxy groups -OCH3 is 1. The fraction of sp³-hybridized carbons (Fsp3) is 0.577. The minimum atomic E-state index is -0.881. The van der Waals surface area contributed by atoms with Crippen molar-refractivity contribution in [2.45, 2.75) is 50.7 Å². The van der Waals surface area contributed by atoms with Gasteiger partial charge in [-0.3, -0.25) is 0 Å². The fourth-order valence-corrected chi connectivity index (χ4v) is 5.54. The van der Waals surface area contributed by atoms with Gasteiger partial charge in [-0.25, -0.2) is 9.07 Å². The highest BCUT2D eigenvalue weighted by atomic mass is 19.1. The minimum absolute atomic E-state index is 0.0990. The summed E-state index contributed by atoms with van der Waals surface area (Å²) in [5.41, 5.74) is 3.00. The molecule has 0 saturated carbocycles. The maximum atomic E-state index is 14.8. The molecule has 0 radical (unpaired) electrons. The second-order valence-electron chi connectivity index (χ2n) is 10.2. The number of anilines is 1. The number of hydrogen-bond acceptors (Lipinski definition) is 8. The van der Waals surface area contributed by atoms with Gasteiger partial charge in [-0.05, 0) is 56.5 Å². The van der Waals surface area contributed by atoms with E-state index in [-0.39, 0.29) is 24.3 Å².